The number of imidazole rings is 1. The van der Waals surface area contributed by atoms with Gasteiger partial charge in [-0.1, -0.05) is 41.4 Å². The molecule has 3 aromatic rings. The molecule has 8 heteroatoms. The number of aromatic nitrogens is 2. The predicted octanol–water partition coefficient (Wildman–Crippen LogP) is 4.76. The summed E-state index contributed by atoms with van der Waals surface area (Å²) in [6.07, 6.45) is 2.38. The Morgan fingerprint density at radius 1 is 1.21 bits per heavy atom. The number of hydrogen-bond acceptors (Lipinski definition) is 3. The molecule has 0 radical (unpaired) electrons. The normalized spacial score (nSPS) is 15.7. The van der Waals surface area contributed by atoms with Crippen molar-refractivity contribution < 1.29 is 9.18 Å². The highest BCUT2D eigenvalue weighted by Gasteiger charge is 2.25. The number of rotatable bonds is 5. The van der Waals surface area contributed by atoms with Gasteiger partial charge in [-0.15, -0.1) is 0 Å². The van der Waals surface area contributed by atoms with Crippen LogP contribution >= 0.6 is 23.2 Å². The van der Waals surface area contributed by atoms with E-state index in [1.165, 1.54) is 6.07 Å². The van der Waals surface area contributed by atoms with Gasteiger partial charge < -0.3 is 4.57 Å². The molecule has 2 aromatic carbocycles. The smallest absolute Gasteiger partial charge is 0.257 e. The second-order valence-electron chi connectivity index (χ2n) is 7.27. The van der Waals surface area contributed by atoms with Crippen LogP contribution in [0.5, 0.6) is 0 Å². The Balaban J connectivity index is 1.75. The minimum Gasteiger partial charge on any atom is -0.315 e. The summed E-state index contributed by atoms with van der Waals surface area (Å²) in [6.45, 7) is 3.49. The fourth-order valence-electron chi connectivity index (χ4n) is 3.70. The van der Waals surface area contributed by atoms with E-state index in [-0.39, 0.29) is 18.1 Å². The lowest BCUT2D eigenvalue weighted by molar-refractivity contribution is -0.128. The van der Waals surface area contributed by atoms with Crippen molar-refractivity contribution in [1.29, 1.82) is 0 Å². The summed E-state index contributed by atoms with van der Waals surface area (Å²) in [5, 5.41) is 2.69. The quantitative estimate of drug-likeness (QED) is 0.629. The van der Waals surface area contributed by atoms with Crippen LogP contribution in [0.15, 0.2) is 36.4 Å². The molecule has 0 aliphatic carbocycles. The maximum atomic E-state index is 14.3. The van der Waals surface area contributed by atoms with E-state index in [0.717, 1.165) is 25.9 Å². The van der Waals surface area contributed by atoms with Gasteiger partial charge in [0.05, 0.1) is 21.1 Å². The van der Waals surface area contributed by atoms with Crippen molar-refractivity contribution >= 4 is 40.1 Å². The predicted molar refractivity (Wildman–Crippen MR) is 113 cm³/mol. The van der Waals surface area contributed by atoms with E-state index < -0.39 is 6.04 Å². The van der Waals surface area contributed by atoms with Crippen LogP contribution in [0.1, 0.15) is 37.2 Å². The summed E-state index contributed by atoms with van der Waals surface area (Å²) in [5.41, 5.74) is 4.79. The fourth-order valence-corrected chi connectivity index (χ4v) is 4.02. The Kier molecular flexibility index (Phi) is 5.76. The molecule has 1 atom stereocenters. The standard InChI is InChI=1S/C21H21Cl2FN4O/c1-13(21(29)26-27-8-4-5-9-27)28-19-12-16(23)15(22)11-18(19)25-20(28)10-14-6-2-3-7-17(14)24/h2-3,6-7,11-13H,4-5,8-10H2,1H3,(H,26,29). The third-order valence-electron chi connectivity index (χ3n) is 5.25. The number of amides is 1. The average molecular weight is 435 g/mol. The zero-order valence-corrected chi connectivity index (χ0v) is 17.5. The van der Waals surface area contributed by atoms with Crippen LogP contribution in [0.2, 0.25) is 10.0 Å². The van der Waals surface area contributed by atoms with E-state index in [1.54, 1.807) is 37.3 Å². The number of hydrazine groups is 1. The van der Waals surface area contributed by atoms with Crippen LogP contribution in [0.3, 0.4) is 0 Å². The molecular weight excluding hydrogens is 414 g/mol. The molecule has 152 valence electrons. The van der Waals surface area contributed by atoms with E-state index in [1.807, 2.05) is 9.58 Å². The number of nitrogens with one attached hydrogen (secondary N) is 1. The minimum atomic E-state index is -0.556. The van der Waals surface area contributed by atoms with Crippen molar-refractivity contribution in [3.63, 3.8) is 0 Å². The van der Waals surface area contributed by atoms with Gasteiger partial charge >= 0.3 is 0 Å². The number of hydrogen-bond donors (Lipinski definition) is 1. The molecule has 0 spiro atoms. The van der Waals surface area contributed by atoms with E-state index in [4.69, 9.17) is 23.2 Å². The summed E-state index contributed by atoms with van der Waals surface area (Å²) in [7, 11) is 0. The SMILES string of the molecule is CC(C(=O)NN1CCCC1)n1c(Cc2ccccc2F)nc2cc(Cl)c(Cl)cc21. The number of fused-ring (bicyclic) bond motifs is 1. The number of benzene rings is 2. The van der Waals surface area contributed by atoms with Gasteiger partial charge in [-0.3, -0.25) is 10.2 Å². The van der Waals surface area contributed by atoms with Crippen molar-refractivity contribution in [1.82, 2.24) is 20.0 Å². The zero-order valence-electron chi connectivity index (χ0n) is 16.0. The molecule has 1 amide bonds. The van der Waals surface area contributed by atoms with Crippen molar-refractivity contribution in [3.05, 3.63) is 63.6 Å². The molecule has 1 saturated heterocycles. The highest BCUT2D eigenvalue weighted by atomic mass is 35.5. The monoisotopic (exact) mass is 434 g/mol. The lowest BCUT2D eigenvalue weighted by Crippen LogP contribution is -2.43. The first kappa shape index (κ1) is 20.1. The van der Waals surface area contributed by atoms with E-state index in [0.29, 0.717) is 32.5 Å². The lowest BCUT2D eigenvalue weighted by Gasteiger charge is -2.22. The molecule has 1 aliphatic rings. The van der Waals surface area contributed by atoms with E-state index >= 15 is 0 Å². The first-order chi connectivity index (χ1) is 13.9. The van der Waals surface area contributed by atoms with Crippen LogP contribution < -0.4 is 5.43 Å². The van der Waals surface area contributed by atoms with Gasteiger partial charge in [0.15, 0.2) is 0 Å². The van der Waals surface area contributed by atoms with Crippen molar-refractivity contribution in [2.75, 3.05) is 13.1 Å². The van der Waals surface area contributed by atoms with Gasteiger partial charge in [-0.25, -0.2) is 14.4 Å². The molecule has 1 N–H and O–H groups in total. The fraction of sp³-hybridized carbons (Fsp3) is 0.333. The Bertz CT molecular complexity index is 1060. The Labute approximate surface area is 178 Å². The van der Waals surface area contributed by atoms with Crippen molar-refractivity contribution in [2.45, 2.75) is 32.2 Å². The average Bonchev–Trinajstić information content (AvgIpc) is 3.31. The summed E-state index contributed by atoms with van der Waals surface area (Å²) < 4.78 is 16.1. The molecule has 1 aromatic heterocycles. The van der Waals surface area contributed by atoms with Crippen molar-refractivity contribution in [3.8, 4) is 0 Å². The van der Waals surface area contributed by atoms with Crippen LogP contribution in [0.25, 0.3) is 11.0 Å². The number of halogens is 3. The summed E-state index contributed by atoms with van der Waals surface area (Å²) >= 11 is 12.4. The number of carbonyl (C=O) groups excluding carboxylic acids is 1. The highest BCUT2D eigenvalue weighted by molar-refractivity contribution is 6.42. The van der Waals surface area contributed by atoms with Gasteiger partial charge in [0, 0.05) is 19.5 Å². The Hall–Kier alpha value is -2.15. The largest absolute Gasteiger partial charge is 0.315 e. The van der Waals surface area contributed by atoms with Gasteiger partial charge in [0.1, 0.15) is 17.7 Å². The molecule has 1 unspecified atom stereocenters. The van der Waals surface area contributed by atoms with Gasteiger partial charge in [0.2, 0.25) is 0 Å². The van der Waals surface area contributed by atoms with Crippen LogP contribution in [0.4, 0.5) is 4.39 Å². The molecule has 5 nitrogen and oxygen atoms in total. The molecule has 0 saturated carbocycles. The van der Waals surface area contributed by atoms with Crippen molar-refractivity contribution in [2.24, 2.45) is 0 Å². The zero-order chi connectivity index (χ0) is 20.5. The first-order valence-corrected chi connectivity index (χ1v) is 10.3. The van der Waals surface area contributed by atoms with Crippen LogP contribution in [-0.2, 0) is 11.2 Å². The first-order valence-electron chi connectivity index (χ1n) is 9.58. The lowest BCUT2D eigenvalue weighted by atomic mass is 10.1. The summed E-state index contributed by atoms with van der Waals surface area (Å²) in [4.78, 5) is 17.6. The van der Waals surface area contributed by atoms with Gasteiger partial charge in [-0.05, 0) is 43.5 Å². The highest BCUT2D eigenvalue weighted by Crippen LogP contribution is 2.31. The van der Waals surface area contributed by atoms with Crippen LogP contribution in [-0.4, -0.2) is 33.6 Å². The van der Waals surface area contributed by atoms with Gasteiger partial charge in [0.25, 0.3) is 5.91 Å². The number of nitrogens with zero attached hydrogens (tertiary/aromatic N) is 3. The molecule has 4 rings (SSSR count). The second-order valence-corrected chi connectivity index (χ2v) is 8.08. The Morgan fingerprint density at radius 3 is 2.62 bits per heavy atom. The molecule has 1 fully saturated rings. The maximum absolute atomic E-state index is 14.3. The molecule has 29 heavy (non-hydrogen) atoms. The molecule has 0 bridgehead atoms. The van der Waals surface area contributed by atoms with Gasteiger partial charge in [-0.2, -0.15) is 0 Å². The Morgan fingerprint density at radius 2 is 1.90 bits per heavy atom. The summed E-state index contributed by atoms with van der Waals surface area (Å²) in [6, 6.07) is 9.38. The third-order valence-corrected chi connectivity index (χ3v) is 5.97. The topological polar surface area (TPSA) is 50.2 Å². The van der Waals surface area contributed by atoms with Crippen LogP contribution in [0, 0.1) is 5.82 Å². The molecule has 2 heterocycles. The second kappa shape index (κ2) is 8.30. The minimum absolute atomic E-state index is 0.146. The summed E-state index contributed by atoms with van der Waals surface area (Å²) in [5.74, 6) is 0.121. The van der Waals surface area contributed by atoms with E-state index in [2.05, 4.69) is 10.4 Å². The molecule has 1 aliphatic heterocycles. The number of carbonyl (C=O) groups is 1. The van der Waals surface area contributed by atoms with E-state index in [9.17, 15) is 9.18 Å². The molecular formula is C21H21Cl2FN4O. The third kappa shape index (κ3) is 4.10. The maximum Gasteiger partial charge on any atom is 0.257 e.